The molecule has 0 atom stereocenters. The summed E-state index contributed by atoms with van der Waals surface area (Å²) >= 11 is 0. The second-order valence-electron chi connectivity index (χ2n) is 5.22. The lowest BCUT2D eigenvalue weighted by atomic mass is 10.1. The van der Waals surface area contributed by atoms with Crippen LogP contribution in [0.3, 0.4) is 0 Å². The van der Waals surface area contributed by atoms with Gasteiger partial charge in [-0.1, -0.05) is 29.8 Å². The van der Waals surface area contributed by atoms with Crippen molar-refractivity contribution in [2.75, 3.05) is 10.6 Å². The lowest BCUT2D eigenvalue weighted by Crippen LogP contribution is -2.12. The summed E-state index contributed by atoms with van der Waals surface area (Å²) in [6.07, 6.45) is 3.98. The number of carbonyl (C=O) groups is 2. The number of hydrogen-bond donors (Lipinski definition) is 2. The lowest BCUT2D eigenvalue weighted by molar-refractivity contribution is -0.115. The minimum absolute atomic E-state index is 0.0699. The van der Waals surface area contributed by atoms with E-state index in [2.05, 4.69) is 10.6 Å². The molecule has 0 aliphatic rings. The first-order valence-corrected chi connectivity index (χ1v) is 7.47. The average Bonchev–Trinajstić information content (AvgIpc) is 2.55. The maximum absolute atomic E-state index is 12.1. The van der Waals surface area contributed by atoms with Gasteiger partial charge < -0.3 is 10.6 Å². The number of nitrogens with one attached hydrogen (secondary N) is 2. The summed E-state index contributed by atoms with van der Waals surface area (Å²) in [5.41, 5.74) is 3.11. The third-order valence-corrected chi connectivity index (χ3v) is 3.28. The molecule has 0 heterocycles. The average molecular weight is 308 g/mol. The highest BCUT2D eigenvalue weighted by atomic mass is 16.2. The van der Waals surface area contributed by atoms with Crippen LogP contribution in [0.2, 0.25) is 0 Å². The Morgan fingerprint density at radius 3 is 2.04 bits per heavy atom. The van der Waals surface area contributed by atoms with Crippen molar-refractivity contribution in [1.82, 2.24) is 0 Å². The van der Waals surface area contributed by atoms with Gasteiger partial charge in [-0.2, -0.15) is 0 Å². The molecule has 2 aromatic carbocycles. The molecule has 0 aromatic heterocycles. The third-order valence-electron chi connectivity index (χ3n) is 3.28. The summed E-state index contributed by atoms with van der Waals surface area (Å²) in [6, 6.07) is 14.4. The van der Waals surface area contributed by atoms with E-state index >= 15 is 0 Å². The molecule has 0 aliphatic heterocycles. The molecule has 0 aliphatic carbocycles. The van der Waals surface area contributed by atoms with E-state index in [0.29, 0.717) is 23.4 Å². The van der Waals surface area contributed by atoms with E-state index in [1.54, 1.807) is 42.5 Å². The van der Waals surface area contributed by atoms with Crippen molar-refractivity contribution in [1.29, 1.82) is 0 Å². The number of amides is 2. The van der Waals surface area contributed by atoms with E-state index < -0.39 is 0 Å². The summed E-state index contributed by atoms with van der Waals surface area (Å²) < 4.78 is 0. The molecule has 0 spiro atoms. The van der Waals surface area contributed by atoms with Gasteiger partial charge in [0.2, 0.25) is 5.91 Å². The van der Waals surface area contributed by atoms with Crippen molar-refractivity contribution < 1.29 is 9.59 Å². The molecule has 4 heteroatoms. The molecule has 0 saturated heterocycles. The number of carbonyl (C=O) groups excluding carboxylic acids is 2. The highest BCUT2D eigenvalue weighted by Crippen LogP contribution is 2.15. The van der Waals surface area contributed by atoms with Crippen LogP contribution in [0.1, 0.15) is 29.3 Å². The number of allylic oxidation sites excluding steroid dienone is 1. The molecule has 2 rings (SSSR count). The molecular formula is C19H20N2O2. The summed E-state index contributed by atoms with van der Waals surface area (Å²) in [7, 11) is 0. The topological polar surface area (TPSA) is 58.2 Å². The van der Waals surface area contributed by atoms with Gasteiger partial charge in [0.1, 0.15) is 0 Å². The van der Waals surface area contributed by atoms with Crippen LogP contribution >= 0.6 is 0 Å². The van der Waals surface area contributed by atoms with Gasteiger partial charge in [-0.15, -0.1) is 0 Å². The Hall–Kier alpha value is -2.88. The van der Waals surface area contributed by atoms with Gasteiger partial charge in [0.05, 0.1) is 0 Å². The summed E-state index contributed by atoms with van der Waals surface area (Å²) in [5, 5.41) is 5.62. The molecular weight excluding hydrogens is 288 g/mol. The second kappa shape index (κ2) is 7.94. The number of benzene rings is 2. The van der Waals surface area contributed by atoms with E-state index in [-0.39, 0.29) is 11.8 Å². The van der Waals surface area contributed by atoms with E-state index in [0.717, 1.165) is 5.56 Å². The van der Waals surface area contributed by atoms with Crippen LogP contribution in [0.25, 0.3) is 0 Å². The van der Waals surface area contributed by atoms with Gasteiger partial charge in [-0.3, -0.25) is 9.59 Å². The van der Waals surface area contributed by atoms with E-state index in [9.17, 15) is 9.59 Å². The normalized spacial score (nSPS) is 10.5. The Kier molecular flexibility index (Phi) is 5.69. The van der Waals surface area contributed by atoms with Crippen LogP contribution in [-0.2, 0) is 4.79 Å². The Morgan fingerprint density at radius 2 is 1.48 bits per heavy atom. The van der Waals surface area contributed by atoms with Crippen LogP contribution < -0.4 is 10.6 Å². The highest BCUT2D eigenvalue weighted by molar-refractivity contribution is 6.04. The van der Waals surface area contributed by atoms with Crippen LogP contribution in [0.4, 0.5) is 11.4 Å². The van der Waals surface area contributed by atoms with E-state index in [4.69, 9.17) is 0 Å². The molecule has 2 N–H and O–H groups in total. The first-order valence-electron chi connectivity index (χ1n) is 7.47. The summed E-state index contributed by atoms with van der Waals surface area (Å²) in [6.45, 7) is 3.85. The fourth-order valence-electron chi connectivity index (χ4n) is 1.98. The molecule has 0 saturated carbocycles. The number of hydrogen-bond acceptors (Lipinski definition) is 2. The molecule has 0 unspecified atom stereocenters. The highest BCUT2D eigenvalue weighted by Gasteiger charge is 2.06. The number of aryl methyl sites for hydroxylation is 1. The molecule has 23 heavy (non-hydrogen) atoms. The minimum Gasteiger partial charge on any atom is -0.326 e. The summed E-state index contributed by atoms with van der Waals surface area (Å²) in [5.74, 6) is -0.227. The smallest absolute Gasteiger partial charge is 0.255 e. The SMILES string of the molecule is C/C=C/CC(=O)Nc1ccc(NC(=O)c2ccc(C)cc2)cc1. The second-order valence-corrected chi connectivity index (χ2v) is 5.22. The Balaban J connectivity index is 1.95. The predicted molar refractivity (Wildman–Crippen MR) is 93.6 cm³/mol. The Labute approximate surface area is 136 Å². The number of rotatable bonds is 5. The molecule has 2 amide bonds. The zero-order chi connectivity index (χ0) is 16.7. The van der Waals surface area contributed by atoms with Crippen LogP contribution in [0, 0.1) is 6.92 Å². The first-order chi connectivity index (χ1) is 11.1. The molecule has 0 fully saturated rings. The molecule has 0 radical (unpaired) electrons. The van der Waals surface area contributed by atoms with Crippen molar-refractivity contribution in [2.45, 2.75) is 20.3 Å². The van der Waals surface area contributed by atoms with Crippen molar-refractivity contribution in [3.63, 3.8) is 0 Å². The van der Waals surface area contributed by atoms with Crippen LogP contribution in [0.15, 0.2) is 60.7 Å². The monoisotopic (exact) mass is 308 g/mol. The van der Waals surface area contributed by atoms with Gasteiger partial charge >= 0.3 is 0 Å². The summed E-state index contributed by atoms with van der Waals surface area (Å²) in [4.78, 5) is 23.7. The quantitative estimate of drug-likeness (QED) is 0.815. The zero-order valence-electron chi connectivity index (χ0n) is 13.3. The van der Waals surface area contributed by atoms with Gasteiger partial charge in [-0.25, -0.2) is 0 Å². The standard InChI is InChI=1S/C19H20N2O2/c1-3-4-5-18(22)20-16-10-12-17(13-11-16)21-19(23)15-8-6-14(2)7-9-15/h3-4,6-13H,5H2,1-2H3,(H,20,22)(H,21,23)/b4-3+. The maximum atomic E-state index is 12.1. The van der Waals surface area contributed by atoms with Gasteiger partial charge in [-0.05, 0) is 50.2 Å². The van der Waals surface area contributed by atoms with Gasteiger partial charge in [0, 0.05) is 23.4 Å². The number of anilines is 2. The third kappa shape index (κ3) is 5.11. The minimum atomic E-state index is -0.158. The fraction of sp³-hybridized carbons (Fsp3) is 0.158. The fourth-order valence-corrected chi connectivity index (χ4v) is 1.98. The Morgan fingerprint density at radius 1 is 0.913 bits per heavy atom. The van der Waals surface area contributed by atoms with E-state index in [1.807, 2.05) is 32.1 Å². The largest absolute Gasteiger partial charge is 0.326 e. The predicted octanol–water partition coefficient (Wildman–Crippen LogP) is 4.15. The van der Waals surface area contributed by atoms with Gasteiger partial charge in [0.25, 0.3) is 5.91 Å². The Bertz CT molecular complexity index is 701. The lowest BCUT2D eigenvalue weighted by Gasteiger charge is -2.08. The van der Waals surface area contributed by atoms with Crippen LogP contribution in [0.5, 0.6) is 0 Å². The van der Waals surface area contributed by atoms with Crippen molar-refractivity contribution in [2.24, 2.45) is 0 Å². The van der Waals surface area contributed by atoms with Gasteiger partial charge in [0.15, 0.2) is 0 Å². The van der Waals surface area contributed by atoms with Crippen molar-refractivity contribution >= 4 is 23.2 Å². The molecule has 118 valence electrons. The van der Waals surface area contributed by atoms with Crippen molar-refractivity contribution in [3.8, 4) is 0 Å². The van der Waals surface area contributed by atoms with Crippen molar-refractivity contribution in [3.05, 3.63) is 71.8 Å². The first kappa shape index (κ1) is 16.5. The molecule has 2 aromatic rings. The van der Waals surface area contributed by atoms with Crippen LogP contribution in [-0.4, -0.2) is 11.8 Å². The maximum Gasteiger partial charge on any atom is 0.255 e. The molecule has 4 nitrogen and oxygen atoms in total. The van der Waals surface area contributed by atoms with E-state index in [1.165, 1.54) is 0 Å². The zero-order valence-corrected chi connectivity index (χ0v) is 13.3. The molecule has 0 bridgehead atoms.